The van der Waals surface area contributed by atoms with Crippen molar-refractivity contribution >= 4 is 11.6 Å². The molecule has 104 valence electrons. The molecule has 3 nitrogen and oxygen atoms in total. The molecule has 0 aliphatic heterocycles. The number of hydrogen-bond donors (Lipinski definition) is 2. The minimum atomic E-state index is -0.0264. The molecule has 0 heterocycles. The third-order valence-electron chi connectivity index (χ3n) is 3.03. The zero-order valence-electron chi connectivity index (χ0n) is 11.9. The van der Waals surface area contributed by atoms with E-state index in [0.29, 0.717) is 13.1 Å². The maximum absolute atomic E-state index is 11.8. The fraction of sp³-hybridized carbons (Fsp3) is 0.235. The van der Waals surface area contributed by atoms with Crippen LogP contribution in [0.15, 0.2) is 48.5 Å². The Hall–Kier alpha value is -2.13. The van der Waals surface area contributed by atoms with Crippen molar-refractivity contribution in [1.29, 1.82) is 0 Å². The molecule has 2 aromatic carbocycles. The zero-order chi connectivity index (χ0) is 14.4. The van der Waals surface area contributed by atoms with Crippen molar-refractivity contribution in [3.05, 3.63) is 65.2 Å². The van der Waals surface area contributed by atoms with Gasteiger partial charge < -0.3 is 10.6 Å². The summed E-state index contributed by atoms with van der Waals surface area (Å²) in [5.41, 5.74) is 4.43. The van der Waals surface area contributed by atoms with Crippen LogP contribution in [0.4, 0.5) is 5.69 Å². The quantitative estimate of drug-likeness (QED) is 0.875. The number of nitrogens with one attached hydrogen (secondary N) is 2. The second-order valence-corrected chi connectivity index (χ2v) is 5.01. The largest absolute Gasteiger partial charge is 0.325 e. The third-order valence-corrected chi connectivity index (χ3v) is 3.03. The van der Waals surface area contributed by atoms with Crippen LogP contribution in [0.25, 0.3) is 0 Å². The summed E-state index contributed by atoms with van der Waals surface area (Å²) in [5.74, 6) is -0.0264. The molecule has 1 amide bonds. The molecule has 0 saturated heterocycles. The van der Waals surface area contributed by atoms with Gasteiger partial charge >= 0.3 is 0 Å². The Labute approximate surface area is 120 Å². The molecule has 0 aliphatic carbocycles. The molecule has 3 heteroatoms. The van der Waals surface area contributed by atoms with Crippen molar-refractivity contribution in [1.82, 2.24) is 5.32 Å². The average molecular weight is 268 g/mol. The molecule has 20 heavy (non-hydrogen) atoms. The summed E-state index contributed by atoms with van der Waals surface area (Å²) in [7, 11) is 0. The number of carbonyl (C=O) groups excluding carboxylic acids is 1. The zero-order valence-corrected chi connectivity index (χ0v) is 11.9. The summed E-state index contributed by atoms with van der Waals surface area (Å²) < 4.78 is 0. The topological polar surface area (TPSA) is 41.1 Å². The summed E-state index contributed by atoms with van der Waals surface area (Å²) in [5, 5.41) is 6.01. The van der Waals surface area contributed by atoms with Gasteiger partial charge in [0.15, 0.2) is 0 Å². The van der Waals surface area contributed by atoms with Gasteiger partial charge in [-0.1, -0.05) is 47.5 Å². The highest BCUT2D eigenvalue weighted by molar-refractivity contribution is 5.92. The normalized spacial score (nSPS) is 10.3. The van der Waals surface area contributed by atoms with E-state index in [4.69, 9.17) is 0 Å². The van der Waals surface area contributed by atoms with E-state index in [1.54, 1.807) is 0 Å². The molecule has 0 fully saturated rings. The van der Waals surface area contributed by atoms with E-state index >= 15 is 0 Å². The lowest BCUT2D eigenvalue weighted by atomic mass is 10.1. The number of amides is 1. The van der Waals surface area contributed by atoms with E-state index in [1.807, 2.05) is 37.3 Å². The van der Waals surface area contributed by atoms with Crippen molar-refractivity contribution in [2.75, 3.05) is 11.9 Å². The standard InChI is InChI=1S/C17H20N2O/c1-13-6-8-16(9-7-13)19-17(20)12-18-11-15-5-3-4-14(2)10-15/h3-10,18H,11-12H2,1-2H3,(H,19,20). The van der Waals surface area contributed by atoms with Gasteiger partial charge in [0, 0.05) is 12.2 Å². The van der Waals surface area contributed by atoms with Crippen molar-refractivity contribution in [3.63, 3.8) is 0 Å². The molecule has 2 rings (SSSR count). The molecule has 2 aromatic rings. The van der Waals surface area contributed by atoms with Gasteiger partial charge in [0.2, 0.25) is 5.91 Å². The number of anilines is 1. The summed E-state index contributed by atoms with van der Waals surface area (Å²) in [6.45, 7) is 5.09. The van der Waals surface area contributed by atoms with E-state index in [9.17, 15) is 4.79 Å². The van der Waals surface area contributed by atoms with Gasteiger partial charge in [-0.2, -0.15) is 0 Å². The smallest absolute Gasteiger partial charge is 0.238 e. The van der Waals surface area contributed by atoms with Crippen LogP contribution >= 0.6 is 0 Å². The Morgan fingerprint density at radius 2 is 1.75 bits per heavy atom. The van der Waals surface area contributed by atoms with Crippen LogP contribution in [0.3, 0.4) is 0 Å². The fourth-order valence-electron chi connectivity index (χ4n) is 1.98. The lowest BCUT2D eigenvalue weighted by Gasteiger charge is -2.07. The number of carbonyl (C=O) groups is 1. The van der Waals surface area contributed by atoms with Gasteiger partial charge in [-0.25, -0.2) is 0 Å². The Balaban J connectivity index is 1.76. The highest BCUT2D eigenvalue weighted by Gasteiger charge is 2.01. The maximum atomic E-state index is 11.8. The number of rotatable bonds is 5. The Kier molecular flexibility index (Phi) is 4.91. The lowest BCUT2D eigenvalue weighted by Crippen LogP contribution is -2.27. The molecule has 0 unspecified atom stereocenters. The predicted molar refractivity (Wildman–Crippen MR) is 82.7 cm³/mol. The highest BCUT2D eigenvalue weighted by Crippen LogP contribution is 2.08. The molecule has 0 atom stereocenters. The number of aryl methyl sites for hydroxylation is 2. The lowest BCUT2D eigenvalue weighted by molar-refractivity contribution is -0.115. The Morgan fingerprint density at radius 1 is 1.00 bits per heavy atom. The van der Waals surface area contributed by atoms with Crippen molar-refractivity contribution in [2.24, 2.45) is 0 Å². The fourth-order valence-corrected chi connectivity index (χ4v) is 1.98. The predicted octanol–water partition coefficient (Wildman–Crippen LogP) is 3.03. The van der Waals surface area contributed by atoms with Crippen molar-refractivity contribution in [2.45, 2.75) is 20.4 Å². The van der Waals surface area contributed by atoms with E-state index < -0.39 is 0 Å². The van der Waals surface area contributed by atoms with Crippen LogP contribution in [-0.2, 0) is 11.3 Å². The highest BCUT2D eigenvalue weighted by atomic mass is 16.1. The van der Waals surface area contributed by atoms with E-state index in [2.05, 4.69) is 35.8 Å². The van der Waals surface area contributed by atoms with Crippen LogP contribution < -0.4 is 10.6 Å². The van der Waals surface area contributed by atoms with Crippen molar-refractivity contribution < 1.29 is 4.79 Å². The van der Waals surface area contributed by atoms with E-state index in [-0.39, 0.29) is 5.91 Å². The minimum absolute atomic E-state index is 0.0264. The third kappa shape index (κ3) is 4.52. The van der Waals surface area contributed by atoms with E-state index in [0.717, 1.165) is 5.69 Å². The van der Waals surface area contributed by atoms with Crippen LogP contribution in [0.5, 0.6) is 0 Å². The number of benzene rings is 2. The Bertz CT molecular complexity index is 576. The molecule has 0 aliphatic rings. The van der Waals surface area contributed by atoms with E-state index in [1.165, 1.54) is 16.7 Å². The maximum Gasteiger partial charge on any atom is 0.238 e. The van der Waals surface area contributed by atoms with Gasteiger partial charge in [-0.3, -0.25) is 4.79 Å². The van der Waals surface area contributed by atoms with Crippen molar-refractivity contribution in [3.8, 4) is 0 Å². The monoisotopic (exact) mass is 268 g/mol. The summed E-state index contributed by atoms with van der Waals surface area (Å²) in [6.07, 6.45) is 0. The second-order valence-electron chi connectivity index (χ2n) is 5.01. The first-order valence-corrected chi connectivity index (χ1v) is 6.76. The molecule has 0 aromatic heterocycles. The van der Waals surface area contributed by atoms with Crippen LogP contribution in [-0.4, -0.2) is 12.5 Å². The van der Waals surface area contributed by atoms with Gasteiger partial charge in [0.1, 0.15) is 0 Å². The first kappa shape index (κ1) is 14.3. The molecule has 0 bridgehead atoms. The van der Waals surface area contributed by atoms with Crippen LogP contribution in [0, 0.1) is 13.8 Å². The number of hydrogen-bond acceptors (Lipinski definition) is 2. The van der Waals surface area contributed by atoms with Gasteiger partial charge in [-0.15, -0.1) is 0 Å². The second kappa shape index (κ2) is 6.87. The summed E-state index contributed by atoms with van der Waals surface area (Å²) in [6, 6.07) is 16.0. The summed E-state index contributed by atoms with van der Waals surface area (Å²) >= 11 is 0. The Morgan fingerprint density at radius 3 is 2.45 bits per heavy atom. The summed E-state index contributed by atoms with van der Waals surface area (Å²) in [4.78, 5) is 11.8. The van der Waals surface area contributed by atoms with Crippen LogP contribution in [0.1, 0.15) is 16.7 Å². The SMILES string of the molecule is Cc1ccc(NC(=O)CNCc2cccc(C)c2)cc1. The average Bonchev–Trinajstić information content (AvgIpc) is 2.41. The molecular formula is C17H20N2O. The molecular weight excluding hydrogens is 248 g/mol. The van der Waals surface area contributed by atoms with Gasteiger partial charge in [0.25, 0.3) is 0 Å². The molecule has 0 radical (unpaired) electrons. The molecule has 0 saturated carbocycles. The molecule has 2 N–H and O–H groups in total. The molecule has 0 spiro atoms. The first-order valence-electron chi connectivity index (χ1n) is 6.76. The van der Waals surface area contributed by atoms with Gasteiger partial charge in [-0.05, 0) is 31.5 Å². The van der Waals surface area contributed by atoms with Gasteiger partial charge in [0.05, 0.1) is 6.54 Å². The first-order chi connectivity index (χ1) is 9.63. The van der Waals surface area contributed by atoms with Crippen LogP contribution in [0.2, 0.25) is 0 Å². The minimum Gasteiger partial charge on any atom is -0.325 e.